The van der Waals surface area contributed by atoms with Crippen LogP contribution in [0.2, 0.25) is 0 Å². The van der Waals surface area contributed by atoms with E-state index in [2.05, 4.69) is 10.2 Å². The third-order valence-corrected chi connectivity index (χ3v) is 3.26. The van der Waals surface area contributed by atoms with E-state index >= 15 is 0 Å². The number of rotatable bonds is 3. The molecule has 1 amide bonds. The van der Waals surface area contributed by atoms with Gasteiger partial charge in [-0.3, -0.25) is 9.89 Å². The first-order valence-corrected chi connectivity index (χ1v) is 6.35. The number of carbonyl (C=O) groups is 1. The molecule has 0 bridgehead atoms. The standard InChI is InChI=1S/C12H16F3N3O/c1-2-4-8-7-9(17-16-8)11(19)18-6-3-5-10(18)12(13,14)15/h7,10H,2-6H2,1H3,(H,16,17)/t10-/m0/s1. The second kappa shape index (κ2) is 5.22. The predicted molar refractivity (Wildman–Crippen MR) is 62.7 cm³/mol. The van der Waals surface area contributed by atoms with Gasteiger partial charge in [-0.25, -0.2) is 0 Å². The number of amides is 1. The van der Waals surface area contributed by atoms with Crippen LogP contribution in [0.1, 0.15) is 42.4 Å². The van der Waals surface area contributed by atoms with Crippen LogP contribution >= 0.6 is 0 Å². The van der Waals surface area contributed by atoms with Crippen LogP contribution in [0.25, 0.3) is 0 Å². The fraction of sp³-hybridized carbons (Fsp3) is 0.667. The number of alkyl halides is 3. The van der Waals surface area contributed by atoms with Crippen molar-refractivity contribution >= 4 is 5.91 Å². The average Bonchev–Trinajstić information content (AvgIpc) is 2.95. The van der Waals surface area contributed by atoms with Gasteiger partial charge in [0.25, 0.3) is 5.91 Å². The van der Waals surface area contributed by atoms with Crippen molar-refractivity contribution in [2.24, 2.45) is 0 Å². The molecular formula is C12H16F3N3O. The molecule has 0 saturated carbocycles. The smallest absolute Gasteiger partial charge is 0.325 e. The van der Waals surface area contributed by atoms with Gasteiger partial charge in [-0.15, -0.1) is 0 Å². The van der Waals surface area contributed by atoms with Gasteiger partial charge in [0.15, 0.2) is 0 Å². The minimum Gasteiger partial charge on any atom is -0.325 e. The molecule has 0 spiro atoms. The zero-order valence-electron chi connectivity index (χ0n) is 10.6. The molecule has 1 fully saturated rings. The summed E-state index contributed by atoms with van der Waals surface area (Å²) in [5.74, 6) is -0.640. The Balaban J connectivity index is 2.14. The molecule has 2 rings (SSSR count). The second-order valence-corrected chi connectivity index (χ2v) is 4.73. The molecule has 106 valence electrons. The summed E-state index contributed by atoms with van der Waals surface area (Å²) in [5.41, 5.74) is 0.841. The molecule has 1 saturated heterocycles. The van der Waals surface area contributed by atoms with E-state index in [1.165, 1.54) is 6.07 Å². The van der Waals surface area contributed by atoms with Gasteiger partial charge < -0.3 is 4.90 Å². The molecule has 1 atom stereocenters. The summed E-state index contributed by atoms with van der Waals surface area (Å²) in [6.07, 6.45) is -2.41. The number of aromatic nitrogens is 2. The van der Waals surface area contributed by atoms with Crippen LogP contribution in [0.15, 0.2) is 6.07 Å². The van der Waals surface area contributed by atoms with Gasteiger partial charge in [0.2, 0.25) is 0 Å². The molecule has 0 aliphatic carbocycles. The molecular weight excluding hydrogens is 259 g/mol. The Bertz CT molecular complexity index is 455. The second-order valence-electron chi connectivity index (χ2n) is 4.73. The zero-order valence-corrected chi connectivity index (χ0v) is 10.6. The lowest BCUT2D eigenvalue weighted by atomic mass is 10.2. The van der Waals surface area contributed by atoms with Crippen molar-refractivity contribution in [1.29, 1.82) is 0 Å². The molecule has 0 radical (unpaired) electrons. The van der Waals surface area contributed by atoms with E-state index in [0.717, 1.165) is 23.4 Å². The maximum Gasteiger partial charge on any atom is 0.408 e. The third kappa shape index (κ3) is 2.90. The molecule has 0 unspecified atom stereocenters. The quantitative estimate of drug-likeness (QED) is 0.921. The lowest BCUT2D eigenvalue weighted by Gasteiger charge is -2.25. The Labute approximate surface area is 109 Å². The van der Waals surface area contributed by atoms with Crippen molar-refractivity contribution in [1.82, 2.24) is 15.1 Å². The number of hydrogen-bond acceptors (Lipinski definition) is 2. The minimum atomic E-state index is -4.37. The summed E-state index contributed by atoms with van der Waals surface area (Å²) in [7, 11) is 0. The Morgan fingerprint density at radius 1 is 1.58 bits per heavy atom. The van der Waals surface area contributed by atoms with Crippen LogP contribution in [0.4, 0.5) is 13.2 Å². The van der Waals surface area contributed by atoms with Gasteiger partial charge in [-0.05, 0) is 25.3 Å². The highest BCUT2D eigenvalue weighted by Gasteiger charge is 2.48. The zero-order chi connectivity index (χ0) is 14.0. The van der Waals surface area contributed by atoms with E-state index in [0.29, 0.717) is 6.42 Å². The molecule has 7 heteroatoms. The Hall–Kier alpha value is -1.53. The normalized spacial score (nSPS) is 20.0. The number of H-pyrrole nitrogens is 1. The fourth-order valence-electron chi connectivity index (χ4n) is 2.37. The van der Waals surface area contributed by atoms with Crippen LogP contribution in [-0.4, -0.2) is 39.8 Å². The molecule has 19 heavy (non-hydrogen) atoms. The average molecular weight is 275 g/mol. The molecule has 1 aromatic heterocycles. The first kappa shape index (κ1) is 13.9. The number of aryl methyl sites for hydroxylation is 1. The van der Waals surface area contributed by atoms with Crippen molar-refractivity contribution in [2.75, 3.05) is 6.54 Å². The topological polar surface area (TPSA) is 49.0 Å². The van der Waals surface area contributed by atoms with E-state index in [1.54, 1.807) is 0 Å². The first-order valence-electron chi connectivity index (χ1n) is 6.35. The largest absolute Gasteiger partial charge is 0.408 e. The van der Waals surface area contributed by atoms with Crippen molar-refractivity contribution in [3.8, 4) is 0 Å². The van der Waals surface area contributed by atoms with E-state index in [4.69, 9.17) is 0 Å². The van der Waals surface area contributed by atoms with Crippen LogP contribution < -0.4 is 0 Å². The SMILES string of the molecule is CCCc1cc(C(=O)N2CCC[C@H]2C(F)(F)F)n[nH]1. The highest BCUT2D eigenvalue weighted by atomic mass is 19.4. The number of hydrogen-bond donors (Lipinski definition) is 1. The maximum atomic E-state index is 12.8. The molecule has 1 aliphatic rings. The summed E-state index contributed by atoms with van der Waals surface area (Å²) < 4.78 is 38.4. The monoisotopic (exact) mass is 275 g/mol. The van der Waals surface area contributed by atoms with Gasteiger partial charge in [-0.1, -0.05) is 13.3 Å². The van der Waals surface area contributed by atoms with Crippen LogP contribution in [-0.2, 0) is 6.42 Å². The van der Waals surface area contributed by atoms with Crippen molar-refractivity contribution in [2.45, 2.75) is 44.8 Å². The van der Waals surface area contributed by atoms with E-state index in [-0.39, 0.29) is 18.7 Å². The number of nitrogens with one attached hydrogen (secondary N) is 1. The number of nitrogens with zero attached hydrogens (tertiary/aromatic N) is 2. The lowest BCUT2D eigenvalue weighted by molar-refractivity contribution is -0.169. The molecule has 2 heterocycles. The fourth-order valence-corrected chi connectivity index (χ4v) is 2.37. The van der Waals surface area contributed by atoms with E-state index in [9.17, 15) is 18.0 Å². The Kier molecular flexibility index (Phi) is 3.82. The lowest BCUT2D eigenvalue weighted by Crippen LogP contribution is -2.44. The minimum absolute atomic E-state index is 0.0263. The molecule has 1 N–H and O–H groups in total. The predicted octanol–water partition coefficient (Wildman–Crippen LogP) is 2.53. The Morgan fingerprint density at radius 3 is 2.95 bits per heavy atom. The summed E-state index contributed by atoms with van der Waals surface area (Å²) in [5, 5.41) is 6.50. The highest BCUT2D eigenvalue weighted by molar-refractivity contribution is 5.92. The summed E-state index contributed by atoms with van der Waals surface area (Å²) in [6, 6.07) is -0.135. The van der Waals surface area contributed by atoms with Crippen LogP contribution in [0, 0.1) is 0 Å². The summed E-state index contributed by atoms with van der Waals surface area (Å²) >= 11 is 0. The summed E-state index contributed by atoms with van der Waals surface area (Å²) in [6.45, 7) is 2.11. The van der Waals surface area contributed by atoms with Gasteiger partial charge >= 0.3 is 6.18 Å². The molecule has 4 nitrogen and oxygen atoms in total. The van der Waals surface area contributed by atoms with Gasteiger partial charge in [0.05, 0.1) is 0 Å². The van der Waals surface area contributed by atoms with Crippen molar-refractivity contribution in [3.63, 3.8) is 0 Å². The van der Waals surface area contributed by atoms with Crippen LogP contribution in [0.3, 0.4) is 0 Å². The number of aromatic amines is 1. The summed E-state index contributed by atoms with van der Waals surface area (Å²) in [4.78, 5) is 12.9. The van der Waals surface area contributed by atoms with Gasteiger partial charge in [0.1, 0.15) is 11.7 Å². The van der Waals surface area contributed by atoms with Crippen molar-refractivity contribution in [3.05, 3.63) is 17.5 Å². The van der Waals surface area contributed by atoms with Crippen molar-refractivity contribution < 1.29 is 18.0 Å². The van der Waals surface area contributed by atoms with Crippen LogP contribution in [0.5, 0.6) is 0 Å². The number of likely N-dealkylation sites (tertiary alicyclic amines) is 1. The van der Waals surface area contributed by atoms with E-state index < -0.39 is 18.1 Å². The highest BCUT2D eigenvalue weighted by Crippen LogP contribution is 2.33. The van der Waals surface area contributed by atoms with Gasteiger partial charge in [0, 0.05) is 12.2 Å². The molecule has 0 aromatic carbocycles. The van der Waals surface area contributed by atoms with Gasteiger partial charge in [-0.2, -0.15) is 18.3 Å². The number of carbonyl (C=O) groups excluding carboxylic acids is 1. The first-order chi connectivity index (χ1) is 8.93. The molecule has 1 aliphatic heterocycles. The third-order valence-electron chi connectivity index (χ3n) is 3.26. The van der Waals surface area contributed by atoms with E-state index in [1.807, 2.05) is 6.92 Å². The maximum absolute atomic E-state index is 12.8. The molecule has 1 aromatic rings. The Morgan fingerprint density at radius 2 is 2.32 bits per heavy atom. The number of halogens is 3.